The topological polar surface area (TPSA) is 105 Å². The first-order valence-electron chi connectivity index (χ1n) is 11.8. The van der Waals surface area contributed by atoms with Gasteiger partial charge in [-0.2, -0.15) is 0 Å². The number of ether oxygens (including phenoxy) is 1. The number of methoxy groups -OCH3 is 1. The summed E-state index contributed by atoms with van der Waals surface area (Å²) < 4.78 is 32.5. The average Bonchev–Trinajstić information content (AvgIpc) is 3.12. The monoisotopic (exact) mass is 495 g/mol. The Morgan fingerprint density at radius 2 is 1.83 bits per heavy atom. The molecular weight excluding hydrogens is 460 g/mol. The van der Waals surface area contributed by atoms with E-state index in [2.05, 4.69) is 10.6 Å². The van der Waals surface area contributed by atoms with Gasteiger partial charge in [-0.25, -0.2) is 13.6 Å². The maximum absolute atomic E-state index is 14.1. The highest BCUT2D eigenvalue weighted by atomic mass is 19.2. The van der Waals surface area contributed by atoms with E-state index in [1.54, 1.807) is 13.8 Å². The quantitative estimate of drug-likeness (QED) is 0.460. The zero-order chi connectivity index (χ0) is 26.3. The van der Waals surface area contributed by atoms with Crippen LogP contribution in [0.5, 0.6) is 0 Å². The molecule has 1 aromatic rings. The van der Waals surface area contributed by atoms with Crippen LogP contribution >= 0.6 is 0 Å². The summed E-state index contributed by atoms with van der Waals surface area (Å²) in [6.07, 6.45) is 0.873. The predicted molar refractivity (Wildman–Crippen MR) is 125 cm³/mol. The molecule has 2 rings (SSSR count). The molecule has 3 atom stereocenters. The lowest BCUT2D eigenvalue weighted by atomic mass is 10.00. The number of benzene rings is 1. The first-order valence-corrected chi connectivity index (χ1v) is 11.8. The van der Waals surface area contributed by atoms with Crippen LogP contribution in [0, 0.1) is 23.5 Å². The molecule has 8 nitrogen and oxygen atoms in total. The first kappa shape index (κ1) is 28.2. The number of nitrogens with one attached hydrogen (secondary N) is 2. The molecule has 2 N–H and O–H groups in total. The summed E-state index contributed by atoms with van der Waals surface area (Å²) in [6, 6.07) is 1.50. The summed E-state index contributed by atoms with van der Waals surface area (Å²) in [5, 5.41) is 5.37. The maximum atomic E-state index is 14.1. The highest BCUT2D eigenvalue weighted by molar-refractivity contribution is 5.91. The number of nitrogens with zero attached hydrogens (tertiary/aromatic N) is 1. The molecule has 0 unspecified atom stereocenters. The van der Waals surface area contributed by atoms with Gasteiger partial charge in [0.05, 0.1) is 7.11 Å². The third-order valence-corrected chi connectivity index (χ3v) is 6.02. The number of hydrogen-bond donors (Lipinski definition) is 2. The second-order valence-electron chi connectivity index (χ2n) is 9.63. The normalized spacial score (nSPS) is 17.5. The fourth-order valence-electron chi connectivity index (χ4n) is 4.15. The van der Waals surface area contributed by atoms with Crippen molar-refractivity contribution in [1.29, 1.82) is 0 Å². The number of carbonyl (C=O) groups is 4. The van der Waals surface area contributed by atoms with Crippen LogP contribution in [0.15, 0.2) is 18.2 Å². The van der Waals surface area contributed by atoms with Crippen molar-refractivity contribution in [2.75, 3.05) is 7.11 Å². The van der Waals surface area contributed by atoms with Crippen LogP contribution in [0.4, 0.5) is 8.78 Å². The van der Waals surface area contributed by atoms with Crippen molar-refractivity contribution in [3.05, 3.63) is 35.4 Å². The number of esters is 1. The third-order valence-electron chi connectivity index (χ3n) is 6.02. The molecule has 0 bridgehead atoms. The van der Waals surface area contributed by atoms with Gasteiger partial charge in [-0.1, -0.05) is 39.8 Å². The first-order chi connectivity index (χ1) is 16.4. The van der Waals surface area contributed by atoms with Crippen LogP contribution < -0.4 is 10.6 Å². The Morgan fingerprint density at radius 1 is 1.14 bits per heavy atom. The molecule has 3 amide bonds. The molecule has 0 aliphatic carbocycles. The number of amides is 3. The molecule has 10 heteroatoms. The minimum absolute atomic E-state index is 0.0316. The summed E-state index contributed by atoms with van der Waals surface area (Å²) in [5.41, 5.74) is 0.0316. The smallest absolute Gasteiger partial charge is 0.328 e. The summed E-state index contributed by atoms with van der Waals surface area (Å²) in [6.45, 7) is 7.20. The van der Waals surface area contributed by atoms with E-state index >= 15 is 0 Å². The molecule has 194 valence electrons. The zero-order valence-corrected chi connectivity index (χ0v) is 20.9. The maximum Gasteiger partial charge on any atom is 0.328 e. The van der Waals surface area contributed by atoms with Crippen LogP contribution in [0.25, 0.3) is 0 Å². The molecule has 1 aliphatic heterocycles. The largest absolute Gasteiger partial charge is 0.467 e. The molecule has 1 fully saturated rings. The molecular formula is C25H35F2N3O5. The lowest BCUT2D eigenvalue weighted by Crippen LogP contribution is -2.54. The van der Waals surface area contributed by atoms with Crippen molar-refractivity contribution in [3.8, 4) is 0 Å². The van der Waals surface area contributed by atoms with Gasteiger partial charge in [0.2, 0.25) is 17.7 Å². The Morgan fingerprint density at radius 3 is 2.43 bits per heavy atom. The molecule has 0 saturated carbocycles. The van der Waals surface area contributed by atoms with Crippen molar-refractivity contribution < 1.29 is 32.7 Å². The molecule has 1 aromatic carbocycles. The second-order valence-corrected chi connectivity index (χ2v) is 9.63. The van der Waals surface area contributed by atoms with Gasteiger partial charge in [0.15, 0.2) is 11.6 Å². The Kier molecular flexibility index (Phi) is 10.2. The van der Waals surface area contributed by atoms with E-state index in [0.717, 1.165) is 6.07 Å². The van der Waals surface area contributed by atoms with Gasteiger partial charge < -0.3 is 20.3 Å². The molecule has 1 aliphatic rings. The van der Waals surface area contributed by atoms with Crippen molar-refractivity contribution in [2.24, 2.45) is 11.8 Å². The van der Waals surface area contributed by atoms with E-state index in [1.807, 2.05) is 13.8 Å². The molecule has 0 spiro atoms. The predicted octanol–water partition coefficient (Wildman–Crippen LogP) is 2.69. The standard InChI is InChI=1S/C25H35F2N3O5/c1-14(2)11-19(25(34)35-5)28-24(33)23(15(3)4)29-20(31)12-17-9-10-21(32)30(17)13-16-7-6-8-18(26)22(16)27/h6-8,14-15,17,19,23H,9-13H2,1-5H3,(H,28,33)(H,29,31)/t17-,19-,23-/m0/s1. The van der Waals surface area contributed by atoms with Gasteiger partial charge in [0.25, 0.3) is 0 Å². The Bertz CT molecular complexity index is 938. The molecule has 0 aromatic heterocycles. The summed E-state index contributed by atoms with van der Waals surface area (Å²) in [5.74, 6) is -3.96. The Balaban J connectivity index is 2.06. The SMILES string of the molecule is COC(=O)[C@H](CC(C)C)NC(=O)[C@@H](NC(=O)C[C@@H]1CCC(=O)N1Cc1cccc(F)c1F)C(C)C. The van der Waals surface area contributed by atoms with Crippen LogP contribution in [0.3, 0.4) is 0 Å². The van der Waals surface area contributed by atoms with Crippen molar-refractivity contribution in [1.82, 2.24) is 15.5 Å². The van der Waals surface area contributed by atoms with Gasteiger partial charge in [0.1, 0.15) is 12.1 Å². The highest BCUT2D eigenvalue weighted by Gasteiger charge is 2.35. The fraction of sp³-hybridized carbons (Fsp3) is 0.600. The van der Waals surface area contributed by atoms with Gasteiger partial charge in [0, 0.05) is 31.0 Å². The van der Waals surface area contributed by atoms with Gasteiger partial charge in [-0.3, -0.25) is 14.4 Å². The minimum Gasteiger partial charge on any atom is -0.467 e. The van der Waals surface area contributed by atoms with E-state index < -0.39 is 47.5 Å². The molecule has 1 saturated heterocycles. The molecule has 35 heavy (non-hydrogen) atoms. The lowest BCUT2D eigenvalue weighted by Gasteiger charge is -2.28. The van der Waals surface area contributed by atoms with Crippen LogP contribution in [0.1, 0.15) is 58.9 Å². The van der Waals surface area contributed by atoms with E-state index in [-0.39, 0.29) is 42.7 Å². The fourth-order valence-corrected chi connectivity index (χ4v) is 4.15. The van der Waals surface area contributed by atoms with Crippen molar-refractivity contribution >= 4 is 23.7 Å². The van der Waals surface area contributed by atoms with Crippen LogP contribution in [0.2, 0.25) is 0 Å². The van der Waals surface area contributed by atoms with Crippen molar-refractivity contribution in [2.45, 2.75) is 78.0 Å². The number of likely N-dealkylation sites (tertiary alicyclic amines) is 1. The molecule has 1 heterocycles. The summed E-state index contributed by atoms with van der Waals surface area (Å²) >= 11 is 0. The number of halogens is 2. The number of hydrogen-bond acceptors (Lipinski definition) is 5. The average molecular weight is 496 g/mol. The summed E-state index contributed by atoms with van der Waals surface area (Å²) in [7, 11) is 1.24. The van der Waals surface area contributed by atoms with Gasteiger partial charge >= 0.3 is 5.97 Å². The number of carbonyl (C=O) groups excluding carboxylic acids is 4. The minimum atomic E-state index is -1.02. The number of rotatable bonds is 11. The highest BCUT2D eigenvalue weighted by Crippen LogP contribution is 2.25. The van der Waals surface area contributed by atoms with Gasteiger partial charge in [-0.05, 0) is 30.7 Å². The zero-order valence-electron chi connectivity index (χ0n) is 20.9. The van der Waals surface area contributed by atoms with E-state index in [4.69, 9.17) is 4.74 Å². The Hall–Kier alpha value is -3.04. The van der Waals surface area contributed by atoms with E-state index in [1.165, 1.54) is 24.1 Å². The van der Waals surface area contributed by atoms with Gasteiger partial charge in [-0.15, -0.1) is 0 Å². The van der Waals surface area contributed by atoms with Crippen LogP contribution in [-0.4, -0.2) is 53.8 Å². The molecule has 0 radical (unpaired) electrons. The summed E-state index contributed by atoms with van der Waals surface area (Å²) in [4.78, 5) is 51.6. The second kappa shape index (κ2) is 12.6. The lowest BCUT2D eigenvalue weighted by molar-refractivity contribution is -0.146. The van der Waals surface area contributed by atoms with E-state index in [0.29, 0.717) is 12.8 Å². The van der Waals surface area contributed by atoms with E-state index in [9.17, 15) is 28.0 Å². The third kappa shape index (κ3) is 7.73. The Labute approximate surface area is 204 Å². The van der Waals surface area contributed by atoms with Crippen molar-refractivity contribution in [3.63, 3.8) is 0 Å². The van der Waals surface area contributed by atoms with Crippen LogP contribution in [-0.2, 0) is 30.5 Å².